The van der Waals surface area contributed by atoms with E-state index in [0.29, 0.717) is 11.8 Å². The van der Waals surface area contributed by atoms with Gasteiger partial charge in [-0.2, -0.15) is 0 Å². The van der Waals surface area contributed by atoms with Crippen molar-refractivity contribution in [1.29, 1.82) is 0 Å². The maximum atomic E-state index is 7.33. The first-order chi connectivity index (χ1) is 15.6. The molecule has 0 spiro atoms. The summed E-state index contributed by atoms with van der Waals surface area (Å²) in [4.78, 5) is 17.1. The third-order valence-corrected chi connectivity index (χ3v) is 7.25. The molecule has 5 rings (SSSR count). The molecule has 1 aliphatic carbocycles. The normalized spacial score (nSPS) is 19.1. The van der Waals surface area contributed by atoms with Gasteiger partial charge in [0.05, 0.1) is 16.7 Å². The third-order valence-electron chi connectivity index (χ3n) is 7.25. The summed E-state index contributed by atoms with van der Waals surface area (Å²) in [7, 11) is 0. The molecular formula is C27H31N5. The lowest BCUT2D eigenvalue weighted by Crippen LogP contribution is -2.13. The number of fused-ring (bicyclic) bond motifs is 2. The SMILES string of the molecule is [C-]#[N+]Cn1cc(-c2[nH]c3ccc(C4CCC(CC)CC4)nc3c2C(C)C)c2cccnc21. The molecule has 0 unspecified atom stereocenters. The molecule has 0 atom stereocenters. The Hall–Kier alpha value is -3.13. The standard InChI is InChI=1S/C27H31N5/c1-5-18-8-10-19(11-9-18)22-12-13-23-26(30-22)24(17(2)3)25(31-23)21-15-32(16-28-4)27-20(21)7-6-14-29-27/h6-7,12-15,17-19,31H,5,8-11,16H2,1-3H3. The summed E-state index contributed by atoms with van der Waals surface area (Å²) in [6.45, 7) is 14.4. The molecule has 164 valence electrons. The van der Waals surface area contributed by atoms with Crippen molar-refractivity contribution in [2.45, 2.75) is 71.4 Å². The van der Waals surface area contributed by atoms with Gasteiger partial charge in [0.1, 0.15) is 5.65 Å². The van der Waals surface area contributed by atoms with Crippen molar-refractivity contribution in [2.24, 2.45) is 5.92 Å². The van der Waals surface area contributed by atoms with E-state index in [2.05, 4.69) is 60.0 Å². The number of H-pyrrole nitrogens is 1. The highest BCUT2D eigenvalue weighted by Gasteiger charge is 2.25. The number of nitrogens with zero attached hydrogens (tertiary/aromatic N) is 4. The van der Waals surface area contributed by atoms with Crippen LogP contribution in [0.1, 0.15) is 76.0 Å². The predicted molar refractivity (Wildman–Crippen MR) is 131 cm³/mol. The van der Waals surface area contributed by atoms with Gasteiger partial charge in [-0.15, -0.1) is 0 Å². The molecule has 0 saturated heterocycles. The van der Waals surface area contributed by atoms with Crippen LogP contribution < -0.4 is 0 Å². The van der Waals surface area contributed by atoms with Gasteiger partial charge >= 0.3 is 0 Å². The first kappa shape index (κ1) is 20.8. The molecule has 0 aromatic carbocycles. The smallest absolute Gasteiger partial charge is 0.294 e. The second-order valence-corrected chi connectivity index (χ2v) is 9.51. The van der Waals surface area contributed by atoms with E-state index in [0.717, 1.165) is 39.2 Å². The van der Waals surface area contributed by atoms with Gasteiger partial charge in [0, 0.05) is 40.5 Å². The molecular weight excluding hydrogens is 394 g/mol. The Morgan fingerprint density at radius 1 is 1.19 bits per heavy atom. The van der Waals surface area contributed by atoms with Crippen LogP contribution in [0.4, 0.5) is 0 Å². The molecule has 1 saturated carbocycles. The predicted octanol–water partition coefficient (Wildman–Crippen LogP) is 7.26. The van der Waals surface area contributed by atoms with Crippen LogP contribution >= 0.6 is 0 Å². The van der Waals surface area contributed by atoms with Crippen molar-refractivity contribution in [3.05, 3.63) is 59.3 Å². The molecule has 0 bridgehead atoms. The zero-order valence-electron chi connectivity index (χ0n) is 19.2. The van der Waals surface area contributed by atoms with Gasteiger partial charge in [-0.1, -0.05) is 27.2 Å². The quantitative estimate of drug-likeness (QED) is 0.342. The molecule has 1 aliphatic rings. The molecule has 0 radical (unpaired) electrons. The van der Waals surface area contributed by atoms with Crippen LogP contribution in [0.25, 0.3) is 38.2 Å². The summed E-state index contributed by atoms with van der Waals surface area (Å²) in [5.41, 5.74) is 7.75. The van der Waals surface area contributed by atoms with E-state index in [1.807, 2.05) is 10.6 Å². The molecule has 4 heterocycles. The maximum absolute atomic E-state index is 7.33. The van der Waals surface area contributed by atoms with Crippen LogP contribution in [-0.4, -0.2) is 19.5 Å². The molecule has 0 amide bonds. The first-order valence-corrected chi connectivity index (χ1v) is 11.9. The van der Waals surface area contributed by atoms with Gasteiger partial charge in [0.15, 0.2) is 0 Å². The lowest BCUT2D eigenvalue weighted by atomic mass is 9.79. The van der Waals surface area contributed by atoms with Crippen molar-refractivity contribution in [3.8, 4) is 11.3 Å². The third kappa shape index (κ3) is 3.48. The minimum Gasteiger partial charge on any atom is -0.353 e. The van der Waals surface area contributed by atoms with Crippen LogP contribution in [0.15, 0.2) is 36.7 Å². The molecule has 1 N–H and O–H groups in total. The average molecular weight is 426 g/mol. The Balaban J connectivity index is 1.63. The summed E-state index contributed by atoms with van der Waals surface area (Å²) >= 11 is 0. The van der Waals surface area contributed by atoms with Gasteiger partial charge in [0.2, 0.25) is 0 Å². The number of aromatic amines is 1. The number of aromatic nitrogens is 4. The minimum atomic E-state index is 0.271. The number of pyridine rings is 2. The van der Waals surface area contributed by atoms with Crippen LogP contribution in [-0.2, 0) is 6.67 Å². The van der Waals surface area contributed by atoms with Gasteiger partial charge in [-0.3, -0.25) is 14.4 Å². The van der Waals surface area contributed by atoms with Crippen molar-refractivity contribution in [2.75, 3.05) is 0 Å². The number of hydrogen-bond donors (Lipinski definition) is 1. The van der Waals surface area contributed by atoms with E-state index in [9.17, 15) is 0 Å². The van der Waals surface area contributed by atoms with E-state index in [4.69, 9.17) is 11.6 Å². The summed E-state index contributed by atoms with van der Waals surface area (Å²) in [6, 6.07) is 8.51. The van der Waals surface area contributed by atoms with E-state index in [1.165, 1.54) is 43.4 Å². The second kappa shape index (κ2) is 8.43. The molecule has 5 nitrogen and oxygen atoms in total. The highest BCUT2D eigenvalue weighted by atomic mass is 15.1. The van der Waals surface area contributed by atoms with Crippen LogP contribution in [0.2, 0.25) is 0 Å². The molecule has 4 aromatic heterocycles. The van der Waals surface area contributed by atoms with Gasteiger partial charge in [-0.25, -0.2) is 11.6 Å². The van der Waals surface area contributed by atoms with Crippen molar-refractivity contribution in [1.82, 2.24) is 19.5 Å². The summed E-state index contributed by atoms with van der Waals surface area (Å²) in [5, 5.41) is 1.07. The maximum Gasteiger partial charge on any atom is 0.294 e. The fourth-order valence-electron chi connectivity index (χ4n) is 5.47. The number of nitrogens with one attached hydrogen (secondary N) is 1. The minimum absolute atomic E-state index is 0.271. The van der Waals surface area contributed by atoms with E-state index in [1.54, 1.807) is 6.20 Å². The second-order valence-electron chi connectivity index (χ2n) is 9.51. The van der Waals surface area contributed by atoms with E-state index < -0.39 is 0 Å². The molecule has 5 heteroatoms. The Morgan fingerprint density at radius 2 is 2.00 bits per heavy atom. The summed E-state index contributed by atoms with van der Waals surface area (Å²) in [5.74, 6) is 1.79. The van der Waals surface area contributed by atoms with Crippen LogP contribution in [0.5, 0.6) is 0 Å². The Labute approximate surface area is 189 Å². The molecule has 0 aliphatic heterocycles. The van der Waals surface area contributed by atoms with Gasteiger partial charge in [-0.05, 0) is 61.8 Å². The van der Waals surface area contributed by atoms with Crippen LogP contribution in [0, 0.1) is 12.5 Å². The topological polar surface area (TPSA) is 50.9 Å². The largest absolute Gasteiger partial charge is 0.353 e. The van der Waals surface area contributed by atoms with E-state index >= 15 is 0 Å². The monoisotopic (exact) mass is 425 g/mol. The first-order valence-electron chi connectivity index (χ1n) is 11.9. The number of rotatable bonds is 5. The van der Waals surface area contributed by atoms with Gasteiger partial charge < -0.3 is 4.98 Å². The lowest BCUT2D eigenvalue weighted by molar-refractivity contribution is 0.316. The van der Waals surface area contributed by atoms with Gasteiger partial charge in [0.25, 0.3) is 6.67 Å². The Bertz CT molecular complexity index is 1300. The highest BCUT2D eigenvalue weighted by Crippen LogP contribution is 2.41. The zero-order chi connectivity index (χ0) is 22.2. The van der Waals surface area contributed by atoms with Crippen LogP contribution in [0.3, 0.4) is 0 Å². The van der Waals surface area contributed by atoms with E-state index in [-0.39, 0.29) is 6.67 Å². The molecule has 1 fully saturated rings. The Kier molecular flexibility index (Phi) is 5.46. The van der Waals surface area contributed by atoms with Crippen molar-refractivity contribution >= 4 is 22.1 Å². The molecule has 32 heavy (non-hydrogen) atoms. The fraction of sp³-hybridized carbons (Fsp3) is 0.444. The number of hydrogen-bond acceptors (Lipinski definition) is 2. The zero-order valence-corrected chi connectivity index (χ0v) is 19.2. The lowest BCUT2D eigenvalue weighted by Gasteiger charge is -2.27. The van der Waals surface area contributed by atoms with Crippen molar-refractivity contribution < 1.29 is 0 Å². The summed E-state index contributed by atoms with van der Waals surface area (Å²) < 4.78 is 1.94. The van der Waals surface area contributed by atoms with Crippen molar-refractivity contribution in [3.63, 3.8) is 0 Å². The Morgan fingerprint density at radius 3 is 2.72 bits per heavy atom. The average Bonchev–Trinajstić information content (AvgIpc) is 3.37. The highest BCUT2D eigenvalue weighted by molar-refractivity contribution is 5.98. The molecule has 4 aromatic rings. The fourth-order valence-corrected chi connectivity index (χ4v) is 5.47. The summed E-state index contributed by atoms with van der Waals surface area (Å²) in [6.07, 6.45) is 10.3.